The number of nitrogens with zero attached hydrogens (tertiary/aromatic N) is 1. The SMILES string of the molecule is CCCN(C)c1ccc(C(=O)NC2C3CCCC2CC(N)C3)cc1.Cl.Cl. The first-order valence-corrected chi connectivity index (χ1v) is 9.46. The fourth-order valence-electron chi connectivity index (χ4n) is 4.59. The van der Waals surface area contributed by atoms with Crippen LogP contribution in [-0.2, 0) is 0 Å². The highest BCUT2D eigenvalue weighted by Crippen LogP contribution is 2.39. The van der Waals surface area contributed by atoms with Crippen molar-refractivity contribution in [2.24, 2.45) is 17.6 Å². The van der Waals surface area contributed by atoms with Crippen molar-refractivity contribution in [3.05, 3.63) is 29.8 Å². The molecule has 0 saturated heterocycles. The number of carbonyl (C=O) groups excluding carboxylic acids is 1. The van der Waals surface area contributed by atoms with Crippen LogP contribution in [0.1, 0.15) is 55.8 Å². The molecule has 2 aliphatic carbocycles. The molecule has 2 atom stereocenters. The van der Waals surface area contributed by atoms with Gasteiger partial charge < -0.3 is 16.0 Å². The summed E-state index contributed by atoms with van der Waals surface area (Å²) in [5.74, 6) is 1.19. The second-order valence-electron chi connectivity index (χ2n) is 7.65. The molecular weight excluding hydrogens is 369 g/mol. The molecule has 3 rings (SSSR count). The van der Waals surface area contributed by atoms with Gasteiger partial charge in [0.2, 0.25) is 0 Å². The highest BCUT2D eigenvalue weighted by atomic mass is 35.5. The number of fused-ring (bicyclic) bond motifs is 2. The summed E-state index contributed by atoms with van der Waals surface area (Å²) in [6, 6.07) is 8.61. The average Bonchev–Trinajstić information content (AvgIpc) is 2.56. The second kappa shape index (κ2) is 10.4. The van der Waals surface area contributed by atoms with Gasteiger partial charge in [-0.05, 0) is 68.2 Å². The Bertz CT molecular complexity index is 553. The molecule has 1 aromatic rings. The maximum atomic E-state index is 12.7. The fraction of sp³-hybridized carbons (Fsp3) is 0.650. The standard InChI is InChI=1S/C20H31N3O.2ClH/c1-3-11-23(2)18-9-7-14(8-10-18)20(24)22-19-15-5-4-6-16(19)13-17(21)12-15;;/h7-10,15-17,19H,3-6,11-13,21H2,1-2H3,(H,22,24);2*1H. The summed E-state index contributed by atoms with van der Waals surface area (Å²) in [7, 11) is 2.09. The van der Waals surface area contributed by atoms with Gasteiger partial charge in [-0.3, -0.25) is 4.79 Å². The third kappa shape index (κ3) is 5.28. The summed E-state index contributed by atoms with van der Waals surface area (Å²) in [4.78, 5) is 14.9. The Morgan fingerprint density at radius 1 is 1.15 bits per heavy atom. The van der Waals surface area contributed by atoms with E-state index < -0.39 is 0 Å². The largest absolute Gasteiger partial charge is 0.375 e. The lowest BCUT2D eigenvalue weighted by atomic mass is 9.67. The molecule has 6 heteroatoms. The summed E-state index contributed by atoms with van der Waals surface area (Å²) in [5.41, 5.74) is 8.10. The van der Waals surface area contributed by atoms with Crippen LogP contribution in [0.15, 0.2) is 24.3 Å². The van der Waals surface area contributed by atoms with Crippen LogP contribution >= 0.6 is 24.8 Å². The summed E-state index contributed by atoms with van der Waals surface area (Å²) < 4.78 is 0. The Kier molecular flexibility index (Phi) is 9.22. The molecule has 148 valence electrons. The second-order valence-corrected chi connectivity index (χ2v) is 7.65. The molecule has 0 radical (unpaired) electrons. The average molecular weight is 402 g/mol. The van der Waals surface area contributed by atoms with Crippen LogP contribution in [0.25, 0.3) is 0 Å². The van der Waals surface area contributed by atoms with E-state index in [4.69, 9.17) is 5.73 Å². The highest BCUT2D eigenvalue weighted by Gasteiger charge is 2.39. The molecule has 2 aliphatic rings. The van der Waals surface area contributed by atoms with E-state index in [0.717, 1.165) is 37.1 Å². The normalized spacial score (nSPS) is 26.9. The topological polar surface area (TPSA) is 58.4 Å². The molecule has 0 aliphatic heterocycles. The van der Waals surface area contributed by atoms with Gasteiger partial charge in [0.1, 0.15) is 0 Å². The van der Waals surface area contributed by atoms with Crippen molar-refractivity contribution in [3.8, 4) is 0 Å². The lowest BCUT2D eigenvalue weighted by molar-refractivity contribution is 0.0756. The number of carbonyl (C=O) groups is 1. The van der Waals surface area contributed by atoms with Crippen LogP contribution in [0, 0.1) is 11.8 Å². The number of halogens is 2. The Balaban J connectivity index is 0.00000169. The number of rotatable bonds is 5. The van der Waals surface area contributed by atoms with E-state index in [9.17, 15) is 4.79 Å². The molecule has 0 spiro atoms. The molecule has 2 bridgehead atoms. The van der Waals surface area contributed by atoms with E-state index in [0.29, 0.717) is 23.9 Å². The van der Waals surface area contributed by atoms with Gasteiger partial charge in [-0.2, -0.15) is 0 Å². The van der Waals surface area contributed by atoms with Crippen LogP contribution in [0.2, 0.25) is 0 Å². The molecule has 0 heterocycles. The van der Waals surface area contributed by atoms with Gasteiger partial charge in [0, 0.05) is 36.9 Å². The minimum absolute atomic E-state index is 0. The number of nitrogens with one attached hydrogen (secondary N) is 1. The van der Waals surface area contributed by atoms with E-state index in [1.807, 2.05) is 24.3 Å². The number of hydrogen-bond acceptors (Lipinski definition) is 3. The van der Waals surface area contributed by atoms with Gasteiger partial charge in [0.05, 0.1) is 0 Å². The first-order valence-electron chi connectivity index (χ1n) is 9.46. The number of benzene rings is 1. The number of nitrogens with two attached hydrogens (primary N) is 1. The molecule has 0 aromatic heterocycles. The first-order chi connectivity index (χ1) is 11.6. The Labute approximate surface area is 170 Å². The molecule has 1 aromatic carbocycles. The fourth-order valence-corrected chi connectivity index (χ4v) is 4.59. The lowest BCUT2D eigenvalue weighted by Gasteiger charge is -2.45. The van der Waals surface area contributed by atoms with Crippen LogP contribution in [0.5, 0.6) is 0 Å². The van der Waals surface area contributed by atoms with Crippen molar-refractivity contribution in [1.29, 1.82) is 0 Å². The van der Waals surface area contributed by atoms with E-state index in [2.05, 4.69) is 24.2 Å². The maximum Gasteiger partial charge on any atom is 0.251 e. The molecule has 26 heavy (non-hydrogen) atoms. The highest BCUT2D eigenvalue weighted by molar-refractivity contribution is 5.94. The van der Waals surface area contributed by atoms with E-state index in [-0.39, 0.29) is 30.7 Å². The number of amides is 1. The van der Waals surface area contributed by atoms with Crippen molar-refractivity contribution < 1.29 is 4.79 Å². The number of hydrogen-bond donors (Lipinski definition) is 2. The molecule has 3 N–H and O–H groups in total. The third-order valence-electron chi connectivity index (χ3n) is 5.80. The van der Waals surface area contributed by atoms with E-state index in [1.54, 1.807) is 0 Å². The Morgan fingerprint density at radius 3 is 2.27 bits per heavy atom. The third-order valence-corrected chi connectivity index (χ3v) is 5.80. The predicted molar refractivity (Wildman–Crippen MR) is 114 cm³/mol. The van der Waals surface area contributed by atoms with Crippen molar-refractivity contribution in [3.63, 3.8) is 0 Å². The van der Waals surface area contributed by atoms with Crippen molar-refractivity contribution in [1.82, 2.24) is 5.32 Å². The Hall–Kier alpha value is -0.970. The minimum atomic E-state index is 0. The molecular formula is C20H33Cl2N3O. The summed E-state index contributed by atoms with van der Waals surface area (Å²) in [6.07, 6.45) is 6.93. The minimum Gasteiger partial charge on any atom is -0.375 e. The van der Waals surface area contributed by atoms with Gasteiger partial charge >= 0.3 is 0 Å². The zero-order valence-electron chi connectivity index (χ0n) is 15.8. The number of anilines is 1. The first kappa shape index (κ1) is 23.1. The van der Waals surface area contributed by atoms with Crippen LogP contribution in [0.3, 0.4) is 0 Å². The zero-order chi connectivity index (χ0) is 17.1. The maximum absolute atomic E-state index is 12.7. The monoisotopic (exact) mass is 401 g/mol. The molecule has 1 amide bonds. The lowest BCUT2D eigenvalue weighted by Crippen LogP contribution is -2.53. The van der Waals surface area contributed by atoms with Gasteiger partial charge in [-0.25, -0.2) is 0 Å². The van der Waals surface area contributed by atoms with Crippen LogP contribution in [0.4, 0.5) is 5.69 Å². The van der Waals surface area contributed by atoms with Crippen molar-refractivity contribution in [2.45, 2.75) is 57.5 Å². The van der Waals surface area contributed by atoms with Crippen molar-refractivity contribution in [2.75, 3.05) is 18.5 Å². The summed E-state index contributed by atoms with van der Waals surface area (Å²) >= 11 is 0. The summed E-state index contributed by atoms with van der Waals surface area (Å²) in [5, 5.41) is 3.32. The molecule has 2 fully saturated rings. The van der Waals surface area contributed by atoms with Crippen molar-refractivity contribution >= 4 is 36.4 Å². The molecule has 4 nitrogen and oxygen atoms in total. The zero-order valence-corrected chi connectivity index (χ0v) is 17.5. The molecule has 2 unspecified atom stereocenters. The predicted octanol–water partition coefficient (Wildman–Crippen LogP) is 4.01. The Morgan fingerprint density at radius 2 is 1.73 bits per heavy atom. The van der Waals surface area contributed by atoms with Crippen LogP contribution in [-0.4, -0.2) is 31.6 Å². The smallest absolute Gasteiger partial charge is 0.251 e. The molecule has 2 saturated carbocycles. The van der Waals surface area contributed by atoms with Crippen LogP contribution < -0.4 is 16.0 Å². The summed E-state index contributed by atoms with van der Waals surface area (Å²) in [6.45, 7) is 3.20. The van der Waals surface area contributed by atoms with Gasteiger partial charge in [-0.1, -0.05) is 13.3 Å². The quantitative estimate of drug-likeness (QED) is 0.783. The van der Waals surface area contributed by atoms with Gasteiger partial charge in [-0.15, -0.1) is 24.8 Å². The van der Waals surface area contributed by atoms with E-state index in [1.165, 1.54) is 19.3 Å². The van der Waals surface area contributed by atoms with Gasteiger partial charge in [0.15, 0.2) is 0 Å². The van der Waals surface area contributed by atoms with E-state index >= 15 is 0 Å². The van der Waals surface area contributed by atoms with Gasteiger partial charge in [0.25, 0.3) is 5.91 Å².